The first kappa shape index (κ1) is 125. The smallest absolute Gasteiger partial charge is 0.320 e. The number of ether oxygens (including phenoxy) is 4. The molecule has 0 saturated heterocycles. The second-order valence-corrected chi connectivity index (χ2v) is 39.2. The maximum absolute atomic E-state index is 13.6. The molecule has 0 fully saturated rings. The van der Waals surface area contributed by atoms with Gasteiger partial charge in [-0.25, -0.2) is 0 Å². The molecule has 0 amide bonds. The van der Waals surface area contributed by atoms with Gasteiger partial charge >= 0.3 is 23.9 Å². The first-order valence-corrected chi connectivity index (χ1v) is 56.2. The summed E-state index contributed by atoms with van der Waals surface area (Å²) < 4.78 is 24.0. The van der Waals surface area contributed by atoms with E-state index in [0.717, 1.165) is 117 Å². The van der Waals surface area contributed by atoms with Crippen molar-refractivity contribution in [1.29, 1.82) is 0 Å². The highest BCUT2D eigenvalue weighted by Crippen LogP contribution is 2.20. The highest BCUT2D eigenvalue weighted by Gasteiger charge is 2.26. The van der Waals surface area contributed by atoms with Gasteiger partial charge in [0.1, 0.15) is 24.4 Å². The van der Waals surface area contributed by atoms with E-state index in [1.165, 1.54) is 424 Å². The molecule has 746 valence electrons. The zero-order valence-electron chi connectivity index (χ0n) is 87.2. The van der Waals surface area contributed by atoms with Crippen LogP contribution in [0.15, 0.2) is 0 Å². The van der Waals surface area contributed by atoms with Crippen LogP contribution in [0.5, 0.6) is 0 Å². The van der Waals surface area contributed by atoms with E-state index in [0.29, 0.717) is 32.6 Å². The lowest BCUT2D eigenvalue weighted by atomic mass is 10.1. The van der Waals surface area contributed by atoms with E-state index < -0.39 is 12.2 Å². The van der Waals surface area contributed by atoms with Gasteiger partial charge in [-0.05, 0) is 157 Å². The van der Waals surface area contributed by atoms with E-state index in [4.69, 9.17) is 18.9 Å². The third-order valence-corrected chi connectivity index (χ3v) is 26.3. The van der Waals surface area contributed by atoms with E-state index in [1.807, 2.05) is 27.7 Å². The van der Waals surface area contributed by atoms with Gasteiger partial charge in [0.25, 0.3) is 0 Å². The largest absolute Gasteiger partial charge is 0.462 e. The third-order valence-electron chi connectivity index (χ3n) is 26.3. The summed E-state index contributed by atoms with van der Waals surface area (Å²) >= 11 is 0. The number of hydrogen-bond acceptors (Lipinski definition) is 14. The molecular weight excluding hydrogens is 1550 g/mol. The number of nitrogens with zero attached hydrogens (tertiary/aromatic N) is 6. The molecular formula is C111H224N6O8. The van der Waals surface area contributed by atoms with Gasteiger partial charge in [0, 0.05) is 32.6 Å². The third kappa shape index (κ3) is 91.9. The summed E-state index contributed by atoms with van der Waals surface area (Å²) in [6.45, 7) is 46.0. The molecule has 0 heterocycles. The van der Waals surface area contributed by atoms with Gasteiger partial charge in [0.15, 0.2) is 0 Å². The number of esters is 4. The first-order valence-electron chi connectivity index (χ1n) is 56.2. The molecule has 14 heteroatoms. The van der Waals surface area contributed by atoms with Crippen molar-refractivity contribution in [2.45, 2.75) is 577 Å². The molecule has 4 unspecified atom stereocenters. The minimum atomic E-state index is -0.488. The summed E-state index contributed by atoms with van der Waals surface area (Å²) in [5, 5.41) is 0. The summed E-state index contributed by atoms with van der Waals surface area (Å²) in [6.07, 6.45) is 89.8. The minimum absolute atomic E-state index is 0.148. The highest BCUT2D eigenvalue weighted by atomic mass is 16.6. The molecule has 0 rings (SSSR count). The van der Waals surface area contributed by atoms with Gasteiger partial charge < -0.3 is 28.7 Å². The molecule has 4 atom stereocenters. The Hall–Kier alpha value is -2.36. The Balaban J connectivity index is 0. The number of carbonyl (C=O) groups is 4. The Kier molecular flexibility index (Phi) is 100. The van der Waals surface area contributed by atoms with Gasteiger partial charge in [0.2, 0.25) is 0 Å². The second-order valence-electron chi connectivity index (χ2n) is 39.2. The van der Waals surface area contributed by atoms with Gasteiger partial charge in [-0.2, -0.15) is 0 Å². The topological polar surface area (TPSA) is 125 Å². The number of unbranched alkanes of at least 4 members (excludes halogenated alkanes) is 60. The van der Waals surface area contributed by atoms with Crippen molar-refractivity contribution in [3.8, 4) is 0 Å². The van der Waals surface area contributed by atoms with Crippen molar-refractivity contribution in [3.63, 3.8) is 0 Å². The molecule has 0 aromatic rings. The van der Waals surface area contributed by atoms with Crippen LogP contribution in [-0.4, -0.2) is 195 Å². The average molecular weight is 1770 g/mol. The number of hydrogen-bond donors (Lipinski definition) is 0. The Morgan fingerprint density at radius 1 is 0.160 bits per heavy atom. The lowest BCUT2D eigenvalue weighted by Gasteiger charge is -2.28. The van der Waals surface area contributed by atoms with Gasteiger partial charge in [-0.15, -0.1) is 0 Å². The summed E-state index contributed by atoms with van der Waals surface area (Å²) in [5.74, 6) is -0.696. The van der Waals surface area contributed by atoms with Crippen LogP contribution < -0.4 is 0 Å². The van der Waals surface area contributed by atoms with Crippen LogP contribution in [0.1, 0.15) is 553 Å². The van der Waals surface area contributed by atoms with Crippen LogP contribution in [0.4, 0.5) is 0 Å². The van der Waals surface area contributed by atoms with Crippen LogP contribution in [0, 0.1) is 0 Å². The van der Waals surface area contributed by atoms with E-state index in [2.05, 4.69) is 98.6 Å². The van der Waals surface area contributed by atoms with Crippen molar-refractivity contribution in [2.75, 3.05) is 118 Å². The summed E-state index contributed by atoms with van der Waals surface area (Å²) in [7, 11) is 0. The standard InChI is InChI=1S/C56H113N3O4.C55H111N3O4/c1-8-13-18-23-28-33-38-43-57(44-39-34-29-24-19-14-9-2)48-49-59(47-42-37-32-27-22-17-12-5)52-56(61)63-54(7)50-53(6)62-55(60)51-58(45-40-35-30-25-20-15-10-3)46-41-36-31-26-21-16-11-4;1-8-13-18-23-28-33-38-43-56(44-39-34-29-24-19-14-9-2)48-49-58(47-42-37-32-27-22-17-12-5)51-55(60)62-53(7)52(6)61-54(59)50-57(45-40-35-30-25-20-15-10-3)46-41-36-31-26-21-16-11-4/h53-54H,8-52H2,1-7H3;52-53H,8-51H2,1-7H3. The van der Waals surface area contributed by atoms with E-state index >= 15 is 0 Å². The van der Waals surface area contributed by atoms with Crippen molar-refractivity contribution >= 4 is 23.9 Å². The Labute approximate surface area is 782 Å². The summed E-state index contributed by atoms with van der Waals surface area (Å²) in [5.41, 5.74) is 0. The second kappa shape index (κ2) is 101. The fraction of sp³-hybridized carbons (Fsp3) is 0.964. The van der Waals surface area contributed by atoms with Crippen LogP contribution in [0.3, 0.4) is 0 Å². The fourth-order valence-electron chi connectivity index (χ4n) is 17.7. The Morgan fingerprint density at radius 3 is 0.440 bits per heavy atom. The normalized spacial score (nSPS) is 12.8. The average Bonchev–Trinajstić information content (AvgIpc) is 0.919. The van der Waals surface area contributed by atoms with Crippen LogP contribution in [-0.2, 0) is 38.1 Å². The quantitative estimate of drug-likeness (QED) is 0.0326. The molecule has 0 spiro atoms. The van der Waals surface area contributed by atoms with E-state index in [9.17, 15) is 19.2 Å². The van der Waals surface area contributed by atoms with Gasteiger partial charge in [0.05, 0.1) is 26.2 Å². The monoisotopic (exact) mass is 1770 g/mol. The van der Waals surface area contributed by atoms with Gasteiger partial charge in [-0.3, -0.25) is 38.8 Å². The fourth-order valence-corrected chi connectivity index (χ4v) is 17.7. The van der Waals surface area contributed by atoms with Crippen LogP contribution >= 0.6 is 0 Å². The SMILES string of the molecule is CCCCCCCCCN(CCCCCCCCC)CCN(CCCCCCCCC)CC(=O)OC(C)C(C)OC(=O)CN(CCCCCCCCC)CCCCCCCCC.CCCCCCCCCN(CCCCCCCCC)CCN(CCCCCCCCC)CC(=O)OC(C)CC(C)OC(=O)CN(CCCCCCCCC)CCCCCCCCC. The lowest BCUT2D eigenvalue weighted by Crippen LogP contribution is -2.41. The molecule has 14 nitrogen and oxygen atoms in total. The molecule has 0 aromatic carbocycles. The minimum Gasteiger partial charge on any atom is -0.462 e. The zero-order valence-corrected chi connectivity index (χ0v) is 87.2. The molecule has 125 heavy (non-hydrogen) atoms. The first-order chi connectivity index (χ1) is 61.1. The molecule has 0 N–H and O–H groups in total. The number of rotatable bonds is 101. The molecule has 0 aliphatic carbocycles. The number of carbonyl (C=O) groups excluding carboxylic acids is 4. The molecule has 0 aromatic heterocycles. The van der Waals surface area contributed by atoms with Gasteiger partial charge in [-0.1, -0.05) is 454 Å². The maximum Gasteiger partial charge on any atom is 0.320 e. The maximum atomic E-state index is 13.6. The summed E-state index contributed by atoms with van der Waals surface area (Å²) in [4.78, 5) is 68.4. The predicted molar refractivity (Wildman–Crippen MR) is 545 cm³/mol. The van der Waals surface area contributed by atoms with Crippen LogP contribution in [0.2, 0.25) is 0 Å². The van der Waals surface area contributed by atoms with Crippen molar-refractivity contribution < 1.29 is 38.1 Å². The molecule has 0 saturated carbocycles. The predicted octanol–water partition coefficient (Wildman–Crippen LogP) is 31.4. The zero-order chi connectivity index (χ0) is 91.8. The Bertz CT molecular complexity index is 2110. The van der Waals surface area contributed by atoms with Crippen molar-refractivity contribution in [1.82, 2.24) is 29.4 Å². The molecule has 0 aliphatic heterocycles. The van der Waals surface area contributed by atoms with E-state index in [1.54, 1.807) is 0 Å². The van der Waals surface area contributed by atoms with Crippen molar-refractivity contribution in [3.05, 3.63) is 0 Å². The highest BCUT2D eigenvalue weighted by molar-refractivity contribution is 5.73. The summed E-state index contributed by atoms with van der Waals surface area (Å²) in [6, 6.07) is 0. The van der Waals surface area contributed by atoms with Crippen molar-refractivity contribution in [2.24, 2.45) is 0 Å². The molecule has 0 radical (unpaired) electrons. The Morgan fingerprint density at radius 2 is 0.280 bits per heavy atom. The molecule has 0 bridgehead atoms. The molecule has 0 aliphatic rings. The van der Waals surface area contributed by atoms with Crippen LogP contribution in [0.25, 0.3) is 0 Å². The lowest BCUT2D eigenvalue weighted by molar-refractivity contribution is -0.166. The van der Waals surface area contributed by atoms with E-state index in [-0.39, 0.29) is 36.1 Å².